The lowest BCUT2D eigenvalue weighted by molar-refractivity contribution is 0.405. The third kappa shape index (κ3) is 2.60. The SMILES string of the molecule is N#Cc1c(O)c2c(-c3ccc(-c4cccc(O)c4O)cc3)csc2[nH]c1=O. The molecule has 0 aliphatic heterocycles. The zero-order valence-electron chi connectivity index (χ0n) is 13.7. The van der Waals surface area contributed by atoms with Crippen LogP contribution in [0.1, 0.15) is 5.56 Å². The highest BCUT2D eigenvalue weighted by molar-refractivity contribution is 7.17. The van der Waals surface area contributed by atoms with Gasteiger partial charge in [0.2, 0.25) is 0 Å². The number of rotatable bonds is 2. The second-order valence-corrected chi connectivity index (χ2v) is 6.77. The number of hydrogen-bond acceptors (Lipinski definition) is 6. The molecule has 2 aromatic carbocycles. The Morgan fingerprint density at radius 3 is 2.26 bits per heavy atom. The highest BCUT2D eigenvalue weighted by Crippen LogP contribution is 2.40. The lowest BCUT2D eigenvalue weighted by atomic mass is 9.99. The van der Waals surface area contributed by atoms with E-state index in [1.54, 1.807) is 47.8 Å². The molecule has 132 valence electrons. The van der Waals surface area contributed by atoms with E-state index in [9.17, 15) is 20.1 Å². The summed E-state index contributed by atoms with van der Waals surface area (Å²) in [7, 11) is 0. The van der Waals surface area contributed by atoms with Crippen molar-refractivity contribution >= 4 is 21.6 Å². The number of H-pyrrole nitrogens is 1. The Bertz CT molecular complexity index is 1280. The minimum atomic E-state index is -0.620. The molecule has 4 rings (SSSR count). The van der Waals surface area contributed by atoms with Crippen molar-refractivity contribution in [1.29, 1.82) is 5.26 Å². The monoisotopic (exact) mass is 376 g/mol. The molecule has 6 nitrogen and oxygen atoms in total. The summed E-state index contributed by atoms with van der Waals surface area (Å²) in [5, 5.41) is 41.4. The first-order valence-corrected chi connectivity index (χ1v) is 8.77. The van der Waals surface area contributed by atoms with Crippen molar-refractivity contribution in [3.63, 3.8) is 0 Å². The normalized spacial score (nSPS) is 10.8. The molecule has 0 bridgehead atoms. The van der Waals surface area contributed by atoms with Crippen molar-refractivity contribution < 1.29 is 15.3 Å². The van der Waals surface area contributed by atoms with Crippen LogP contribution in [0.3, 0.4) is 0 Å². The summed E-state index contributed by atoms with van der Waals surface area (Å²) in [6.45, 7) is 0. The number of nitrogens with zero attached hydrogens (tertiary/aromatic N) is 1. The van der Waals surface area contributed by atoms with Crippen LogP contribution in [0.15, 0.2) is 52.6 Å². The van der Waals surface area contributed by atoms with Crippen LogP contribution in [0.25, 0.3) is 32.5 Å². The van der Waals surface area contributed by atoms with E-state index in [1.165, 1.54) is 17.4 Å². The first-order valence-electron chi connectivity index (χ1n) is 7.89. The number of pyridine rings is 1. The van der Waals surface area contributed by atoms with Gasteiger partial charge in [0.1, 0.15) is 16.6 Å². The van der Waals surface area contributed by atoms with E-state index in [2.05, 4.69) is 4.98 Å². The largest absolute Gasteiger partial charge is 0.506 e. The molecule has 0 fully saturated rings. The maximum absolute atomic E-state index is 11.8. The van der Waals surface area contributed by atoms with Gasteiger partial charge in [-0.05, 0) is 17.2 Å². The summed E-state index contributed by atoms with van der Waals surface area (Å²) in [4.78, 5) is 14.9. The van der Waals surface area contributed by atoms with Gasteiger partial charge in [-0.15, -0.1) is 11.3 Å². The number of nitrogens with one attached hydrogen (secondary N) is 1. The minimum absolute atomic E-state index is 0.194. The van der Waals surface area contributed by atoms with Crippen molar-refractivity contribution in [1.82, 2.24) is 4.98 Å². The van der Waals surface area contributed by atoms with Gasteiger partial charge in [-0.1, -0.05) is 36.4 Å². The molecule has 0 amide bonds. The second kappa shape index (κ2) is 6.20. The standard InChI is InChI=1S/C20H12N2O4S/c21-8-13-18(25)16-14(9-27-20(16)22-19(13)26)11-6-4-10(5-7-11)12-2-1-3-15(23)17(12)24/h1-7,9,23-24H,(H2,22,25,26). The van der Waals surface area contributed by atoms with E-state index < -0.39 is 5.56 Å². The number of aromatic nitrogens is 1. The van der Waals surface area contributed by atoms with Gasteiger partial charge in [-0.25, -0.2) is 0 Å². The molecule has 0 aliphatic carbocycles. The molecule has 2 heterocycles. The lowest BCUT2D eigenvalue weighted by Gasteiger charge is -2.08. The molecule has 0 saturated heterocycles. The number of para-hydroxylation sites is 1. The van der Waals surface area contributed by atoms with Crippen LogP contribution in [-0.2, 0) is 0 Å². The van der Waals surface area contributed by atoms with Crippen molar-refractivity contribution in [2.45, 2.75) is 0 Å². The summed E-state index contributed by atoms with van der Waals surface area (Å²) in [6, 6.07) is 13.6. The lowest BCUT2D eigenvalue weighted by Crippen LogP contribution is -2.09. The predicted octanol–water partition coefficient (Wildman–Crippen LogP) is 3.91. The van der Waals surface area contributed by atoms with Gasteiger partial charge in [-0.2, -0.15) is 5.26 Å². The van der Waals surface area contributed by atoms with Gasteiger partial charge < -0.3 is 20.3 Å². The average Bonchev–Trinajstić information content (AvgIpc) is 3.08. The number of phenols is 2. The zero-order valence-corrected chi connectivity index (χ0v) is 14.5. The molecule has 0 spiro atoms. The summed E-state index contributed by atoms with van der Waals surface area (Å²) in [5.41, 5.74) is 1.73. The molecule has 0 atom stereocenters. The van der Waals surface area contributed by atoms with Gasteiger partial charge in [0.05, 0.1) is 5.39 Å². The summed E-state index contributed by atoms with van der Waals surface area (Å²) >= 11 is 1.26. The van der Waals surface area contributed by atoms with Crippen molar-refractivity contribution in [2.75, 3.05) is 0 Å². The molecule has 0 radical (unpaired) electrons. The molecule has 4 aromatic rings. The summed E-state index contributed by atoms with van der Waals surface area (Å²) in [6.07, 6.45) is 0. The van der Waals surface area contributed by atoms with E-state index in [0.29, 0.717) is 26.9 Å². The summed E-state index contributed by atoms with van der Waals surface area (Å²) in [5.74, 6) is -0.722. The highest BCUT2D eigenvalue weighted by Gasteiger charge is 2.17. The molecule has 7 heteroatoms. The van der Waals surface area contributed by atoms with Crippen molar-refractivity contribution in [3.8, 4) is 45.6 Å². The highest BCUT2D eigenvalue weighted by atomic mass is 32.1. The Kier molecular flexibility index (Phi) is 3.83. The molecule has 0 aliphatic rings. The van der Waals surface area contributed by atoms with Crippen molar-refractivity contribution in [3.05, 3.63) is 63.8 Å². The fourth-order valence-corrected chi connectivity index (χ4v) is 3.96. The van der Waals surface area contributed by atoms with E-state index in [-0.39, 0.29) is 22.8 Å². The maximum atomic E-state index is 11.8. The average molecular weight is 376 g/mol. The minimum Gasteiger partial charge on any atom is -0.506 e. The van der Waals surface area contributed by atoms with Crippen LogP contribution >= 0.6 is 11.3 Å². The van der Waals surface area contributed by atoms with E-state index in [0.717, 1.165) is 5.56 Å². The number of phenolic OH excluding ortho intramolecular Hbond substituents is 2. The number of benzene rings is 2. The molecule has 27 heavy (non-hydrogen) atoms. The maximum Gasteiger partial charge on any atom is 0.270 e. The number of fused-ring (bicyclic) bond motifs is 1. The fourth-order valence-electron chi connectivity index (χ4n) is 2.99. The van der Waals surface area contributed by atoms with Crippen LogP contribution < -0.4 is 5.56 Å². The first-order chi connectivity index (χ1) is 13.0. The van der Waals surface area contributed by atoms with Gasteiger partial charge in [0.25, 0.3) is 5.56 Å². The summed E-state index contributed by atoms with van der Waals surface area (Å²) < 4.78 is 0. The van der Waals surface area contributed by atoms with Gasteiger partial charge in [0.15, 0.2) is 17.1 Å². The predicted molar refractivity (Wildman–Crippen MR) is 103 cm³/mol. The number of aromatic amines is 1. The zero-order chi connectivity index (χ0) is 19.1. The van der Waals surface area contributed by atoms with Crippen LogP contribution in [0.5, 0.6) is 17.2 Å². The van der Waals surface area contributed by atoms with E-state index in [1.807, 2.05) is 0 Å². The first kappa shape index (κ1) is 16.7. The molecular weight excluding hydrogens is 364 g/mol. The van der Waals surface area contributed by atoms with E-state index >= 15 is 0 Å². The third-order valence-corrected chi connectivity index (χ3v) is 5.25. The van der Waals surface area contributed by atoms with Crippen LogP contribution in [0.4, 0.5) is 0 Å². The molecular formula is C20H12N2O4S. The molecule has 4 N–H and O–H groups in total. The molecule has 0 unspecified atom stereocenters. The Morgan fingerprint density at radius 1 is 0.926 bits per heavy atom. The topological polar surface area (TPSA) is 117 Å². The number of nitriles is 1. The number of aromatic hydroxyl groups is 3. The van der Waals surface area contributed by atoms with Gasteiger partial charge in [-0.3, -0.25) is 4.79 Å². The van der Waals surface area contributed by atoms with Crippen LogP contribution in [-0.4, -0.2) is 20.3 Å². The van der Waals surface area contributed by atoms with Gasteiger partial charge in [0, 0.05) is 16.5 Å². The van der Waals surface area contributed by atoms with Crippen molar-refractivity contribution in [2.24, 2.45) is 0 Å². The van der Waals surface area contributed by atoms with Gasteiger partial charge >= 0.3 is 0 Å². The molecule has 2 aromatic heterocycles. The van der Waals surface area contributed by atoms with E-state index in [4.69, 9.17) is 5.26 Å². The Hall–Kier alpha value is -3.76. The smallest absolute Gasteiger partial charge is 0.270 e. The Balaban J connectivity index is 1.85. The van der Waals surface area contributed by atoms with Crippen LogP contribution in [0, 0.1) is 11.3 Å². The quantitative estimate of drug-likeness (QED) is 0.396. The Labute approximate surface area is 156 Å². The Morgan fingerprint density at radius 2 is 1.59 bits per heavy atom. The second-order valence-electron chi connectivity index (χ2n) is 5.89. The molecule has 0 saturated carbocycles. The number of thiophene rings is 1. The van der Waals surface area contributed by atoms with Crippen LogP contribution in [0.2, 0.25) is 0 Å². The number of hydrogen-bond donors (Lipinski definition) is 4. The third-order valence-electron chi connectivity index (χ3n) is 4.35. The fraction of sp³-hybridized carbons (Fsp3) is 0.